The highest BCUT2D eigenvalue weighted by atomic mass is 127. The number of anilines is 1. The normalized spacial score (nSPS) is 10.0. The summed E-state index contributed by atoms with van der Waals surface area (Å²) in [7, 11) is 1.59. The molecule has 1 heterocycles. The minimum Gasteiger partial charge on any atom is -0.496 e. The van der Waals surface area contributed by atoms with Gasteiger partial charge in [-0.2, -0.15) is 0 Å². The molecular formula is C12H10INO2S. The van der Waals surface area contributed by atoms with Gasteiger partial charge in [-0.1, -0.05) is 12.1 Å². The summed E-state index contributed by atoms with van der Waals surface area (Å²) in [4.78, 5) is 12.6. The topological polar surface area (TPSA) is 38.3 Å². The van der Waals surface area contributed by atoms with Gasteiger partial charge in [0.25, 0.3) is 5.91 Å². The third-order valence-electron chi connectivity index (χ3n) is 2.16. The van der Waals surface area contributed by atoms with Crippen LogP contribution in [0.5, 0.6) is 5.75 Å². The lowest BCUT2D eigenvalue weighted by atomic mass is 10.3. The number of nitrogens with one attached hydrogen (secondary N) is 1. The molecule has 88 valence electrons. The highest BCUT2D eigenvalue weighted by Crippen LogP contribution is 2.23. The third kappa shape index (κ3) is 2.98. The second-order valence-corrected chi connectivity index (χ2v) is 5.36. The first-order chi connectivity index (χ1) is 8.20. The van der Waals surface area contributed by atoms with Gasteiger partial charge in [-0.3, -0.25) is 4.79 Å². The number of halogens is 1. The van der Waals surface area contributed by atoms with Crippen molar-refractivity contribution in [2.45, 2.75) is 0 Å². The van der Waals surface area contributed by atoms with E-state index in [2.05, 4.69) is 27.9 Å². The lowest BCUT2D eigenvalue weighted by Gasteiger charge is -2.05. The van der Waals surface area contributed by atoms with Crippen molar-refractivity contribution in [3.8, 4) is 5.75 Å². The van der Waals surface area contributed by atoms with E-state index in [1.54, 1.807) is 13.2 Å². The van der Waals surface area contributed by atoms with Gasteiger partial charge in [-0.15, -0.1) is 11.3 Å². The van der Waals surface area contributed by atoms with Crippen LogP contribution in [-0.4, -0.2) is 13.0 Å². The van der Waals surface area contributed by atoms with Crippen molar-refractivity contribution in [2.24, 2.45) is 0 Å². The summed E-state index contributed by atoms with van der Waals surface area (Å²) in [5, 5.41) is 4.68. The summed E-state index contributed by atoms with van der Waals surface area (Å²) in [5.74, 6) is 0.602. The minimum absolute atomic E-state index is 0.109. The number of methoxy groups -OCH3 is 1. The predicted octanol–water partition coefficient (Wildman–Crippen LogP) is 3.61. The van der Waals surface area contributed by atoms with Gasteiger partial charge in [0.1, 0.15) is 5.75 Å². The van der Waals surface area contributed by atoms with Crippen LogP contribution in [0.1, 0.15) is 9.67 Å². The van der Waals surface area contributed by atoms with Crippen molar-refractivity contribution in [3.63, 3.8) is 0 Å². The second-order valence-electron chi connectivity index (χ2n) is 3.28. The van der Waals surface area contributed by atoms with Crippen LogP contribution in [0.4, 0.5) is 5.69 Å². The van der Waals surface area contributed by atoms with E-state index in [-0.39, 0.29) is 5.91 Å². The molecule has 1 aromatic heterocycles. The maximum absolute atomic E-state index is 11.9. The smallest absolute Gasteiger partial charge is 0.265 e. The molecule has 5 heteroatoms. The molecule has 2 aromatic rings. The summed E-state index contributed by atoms with van der Waals surface area (Å²) in [6.45, 7) is 0. The monoisotopic (exact) mass is 359 g/mol. The maximum atomic E-state index is 11.9. The number of para-hydroxylation sites is 1. The Morgan fingerprint density at radius 3 is 2.82 bits per heavy atom. The Bertz CT molecular complexity index is 539. The van der Waals surface area contributed by atoms with Crippen LogP contribution < -0.4 is 10.1 Å². The Morgan fingerprint density at radius 1 is 1.41 bits per heavy atom. The van der Waals surface area contributed by atoms with Gasteiger partial charge in [0.2, 0.25) is 0 Å². The van der Waals surface area contributed by atoms with Crippen LogP contribution in [-0.2, 0) is 0 Å². The number of hydrogen-bond donors (Lipinski definition) is 1. The van der Waals surface area contributed by atoms with E-state index < -0.39 is 0 Å². The van der Waals surface area contributed by atoms with Gasteiger partial charge >= 0.3 is 0 Å². The Morgan fingerprint density at radius 2 is 2.18 bits per heavy atom. The molecule has 0 fully saturated rings. The summed E-state index contributed by atoms with van der Waals surface area (Å²) in [6.07, 6.45) is 0. The van der Waals surface area contributed by atoms with Gasteiger partial charge in [0, 0.05) is 15.0 Å². The average molecular weight is 359 g/mol. The first kappa shape index (κ1) is 12.4. The Kier molecular flexibility index (Phi) is 4.01. The summed E-state index contributed by atoms with van der Waals surface area (Å²) < 4.78 is 6.06. The third-order valence-corrected chi connectivity index (χ3v) is 4.00. The van der Waals surface area contributed by atoms with Crippen molar-refractivity contribution in [1.29, 1.82) is 0 Å². The fraction of sp³-hybridized carbons (Fsp3) is 0.0833. The Labute approximate surface area is 117 Å². The number of ether oxygens (including phenoxy) is 1. The van der Waals surface area contributed by atoms with Crippen LogP contribution >= 0.6 is 33.9 Å². The lowest BCUT2D eigenvalue weighted by Crippen LogP contribution is -2.10. The molecule has 17 heavy (non-hydrogen) atoms. The molecule has 1 aromatic carbocycles. The Balaban J connectivity index is 2.14. The maximum Gasteiger partial charge on any atom is 0.265 e. The molecule has 0 aliphatic heterocycles. The predicted molar refractivity (Wildman–Crippen MR) is 78.0 cm³/mol. The van der Waals surface area contributed by atoms with E-state index in [1.807, 2.05) is 29.6 Å². The molecule has 2 rings (SSSR count). The molecule has 0 bridgehead atoms. The van der Waals surface area contributed by atoms with Gasteiger partial charge in [0.05, 0.1) is 17.7 Å². The largest absolute Gasteiger partial charge is 0.496 e. The van der Waals surface area contributed by atoms with E-state index in [1.165, 1.54) is 11.3 Å². The zero-order valence-corrected chi connectivity index (χ0v) is 12.0. The molecular weight excluding hydrogens is 349 g/mol. The quantitative estimate of drug-likeness (QED) is 0.851. The fourth-order valence-electron chi connectivity index (χ4n) is 1.29. The van der Waals surface area contributed by atoms with E-state index in [0.29, 0.717) is 10.6 Å². The molecule has 0 aliphatic rings. The number of carbonyl (C=O) groups excluding carboxylic acids is 1. The zero-order valence-electron chi connectivity index (χ0n) is 9.07. The first-order valence-corrected chi connectivity index (χ1v) is 6.85. The SMILES string of the molecule is COc1csc(C(=O)Nc2ccccc2I)c1. The van der Waals surface area contributed by atoms with Crippen molar-refractivity contribution < 1.29 is 9.53 Å². The van der Waals surface area contributed by atoms with Gasteiger partial charge in [0.15, 0.2) is 0 Å². The lowest BCUT2D eigenvalue weighted by molar-refractivity contribution is 0.103. The van der Waals surface area contributed by atoms with Crippen molar-refractivity contribution in [2.75, 3.05) is 12.4 Å². The van der Waals surface area contributed by atoms with Crippen molar-refractivity contribution >= 4 is 45.5 Å². The summed E-state index contributed by atoms with van der Waals surface area (Å²) in [6, 6.07) is 9.39. The molecule has 1 amide bonds. The fourth-order valence-corrected chi connectivity index (χ4v) is 2.56. The number of hydrogen-bond acceptors (Lipinski definition) is 3. The van der Waals surface area contributed by atoms with Crippen molar-refractivity contribution in [3.05, 3.63) is 44.2 Å². The molecule has 0 saturated heterocycles. The molecule has 1 N–H and O–H groups in total. The number of amides is 1. The van der Waals surface area contributed by atoms with Gasteiger partial charge < -0.3 is 10.1 Å². The van der Waals surface area contributed by atoms with Crippen LogP contribution in [0.3, 0.4) is 0 Å². The molecule has 0 radical (unpaired) electrons. The second kappa shape index (κ2) is 5.50. The number of rotatable bonds is 3. The average Bonchev–Trinajstić information content (AvgIpc) is 2.81. The summed E-state index contributed by atoms with van der Waals surface area (Å²) >= 11 is 3.56. The van der Waals surface area contributed by atoms with Crippen LogP contribution in [0.2, 0.25) is 0 Å². The molecule has 0 spiro atoms. The number of benzene rings is 1. The first-order valence-electron chi connectivity index (χ1n) is 4.89. The number of thiophene rings is 1. The van der Waals surface area contributed by atoms with Crippen LogP contribution in [0.25, 0.3) is 0 Å². The summed E-state index contributed by atoms with van der Waals surface area (Å²) in [5.41, 5.74) is 0.825. The van der Waals surface area contributed by atoms with Gasteiger partial charge in [-0.25, -0.2) is 0 Å². The standard InChI is InChI=1S/C12H10INO2S/c1-16-8-6-11(17-7-8)12(15)14-10-5-3-2-4-9(10)13/h2-7H,1H3,(H,14,15). The zero-order chi connectivity index (χ0) is 12.3. The highest BCUT2D eigenvalue weighted by Gasteiger charge is 2.10. The van der Waals surface area contributed by atoms with Crippen LogP contribution in [0, 0.1) is 3.57 Å². The van der Waals surface area contributed by atoms with Crippen LogP contribution in [0.15, 0.2) is 35.7 Å². The molecule has 0 saturated carbocycles. The highest BCUT2D eigenvalue weighted by molar-refractivity contribution is 14.1. The molecule has 0 unspecified atom stereocenters. The Hall–Kier alpha value is -1.08. The van der Waals surface area contributed by atoms with E-state index in [0.717, 1.165) is 9.26 Å². The molecule has 0 atom stereocenters. The minimum atomic E-state index is -0.109. The van der Waals surface area contributed by atoms with E-state index in [4.69, 9.17) is 4.74 Å². The molecule has 0 aliphatic carbocycles. The number of carbonyl (C=O) groups is 1. The molecule has 3 nitrogen and oxygen atoms in total. The van der Waals surface area contributed by atoms with E-state index >= 15 is 0 Å². The van der Waals surface area contributed by atoms with E-state index in [9.17, 15) is 4.79 Å². The van der Waals surface area contributed by atoms with Crippen molar-refractivity contribution in [1.82, 2.24) is 0 Å². The van der Waals surface area contributed by atoms with Gasteiger partial charge in [-0.05, 0) is 34.7 Å².